The second-order valence-corrected chi connectivity index (χ2v) is 7.33. The molecule has 0 unspecified atom stereocenters. The quantitative estimate of drug-likeness (QED) is 0.267. The molecule has 2 nitrogen and oxygen atoms in total. The van der Waals surface area contributed by atoms with Crippen LogP contribution in [0, 0.1) is 5.92 Å². The maximum atomic E-state index is 10.7. The molecule has 0 amide bonds. The first-order chi connectivity index (χ1) is 11.2. The molecule has 0 aromatic carbocycles. The van der Waals surface area contributed by atoms with E-state index >= 15 is 0 Å². The van der Waals surface area contributed by atoms with Gasteiger partial charge in [-0.2, -0.15) is 0 Å². The van der Waals surface area contributed by atoms with Crippen molar-refractivity contribution < 1.29 is 9.90 Å². The van der Waals surface area contributed by atoms with Crippen LogP contribution in [0.4, 0.5) is 0 Å². The Labute approximate surface area is 145 Å². The number of aliphatic carboxylic acids is 1. The number of hydrogen-bond donors (Lipinski definition) is 1. The molecule has 23 heavy (non-hydrogen) atoms. The fraction of sp³-hybridized carbons (Fsp3) is 0.952. The summed E-state index contributed by atoms with van der Waals surface area (Å²) in [4.78, 5) is 10.7. The first-order valence-corrected chi connectivity index (χ1v) is 10.4. The number of carboxylic acids is 1. The molecule has 0 heterocycles. The molecule has 0 aliphatic heterocycles. The Morgan fingerprint density at radius 2 is 0.957 bits per heavy atom. The lowest BCUT2D eigenvalue weighted by atomic mass is 10.0. The topological polar surface area (TPSA) is 37.3 Å². The van der Waals surface area contributed by atoms with Crippen molar-refractivity contribution in [2.45, 2.75) is 123 Å². The van der Waals surface area contributed by atoms with E-state index < -0.39 is 5.97 Å². The van der Waals surface area contributed by atoms with Gasteiger partial charge in [0.05, 0.1) is 5.92 Å². The molecule has 0 aliphatic rings. The molecule has 0 rings (SSSR count). The van der Waals surface area contributed by atoms with Gasteiger partial charge in [-0.05, 0) is 6.42 Å². The molecule has 0 saturated heterocycles. The second kappa shape index (κ2) is 17.8. The standard InChI is InChI=1S/C21H42O2/c1-3-4-5-6-7-8-9-10-11-12-13-14-15-16-17-18-19-20(2)21(22)23/h20H,3-19H2,1-2H3,(H,22,23)/t20-/m1/s1. The van der Waals surface area contributed by atoms with Gasteiger partial charge in [-0.3, -0.25) is 4.79 Å². The Morgan fingerprint density at radius 3 is 1.26 bits per heavy atom. The van der Waals surface area contributed by atoms with Gasteiger partial charge in [0, 0.05) is 0 Å². The van der Waals surface area contributed by atoms with E-state index in [2.05, 4.69) is 6.92 Å². The van der Waals surface area contributed by atoms with Crippen LogP contribution in [0.5, 0.6) is 0 Å². The van der Waals surface area contributed by atoms with E-state index in [1.54, 1.807) is 0 Å². The van der Waals surface area contributed by atoms with E-state index in [0.717, 1.165) is 12.8 Å². The molecule has 0 saturated carbocycles. The Balaban J connectivity index is 3.04. The molecular weight excluding hydrogens is 284 g/mol. The third-order valence-corrected chi connectivity index (χ3v) is 4.91. The highest BCUT2D eigenvalue weighted by Gasteiger charge is 2.09. The molecule has 0 bridgehead atoms. The van der Waals surface area contributed by atoms with Gasteiger partial charge in [0.15, 0.2) is 0 Å². The Hall–Kier alpha value is -0.530. The van der Waals surface area contributed by atoms with Crippen molar-refractivity contribution in [3.8, 4) is 0 Å². The smallest absolute Gasteiger partial charge is 0.306 e. The van der Waals surface area contributed by atoms with E-state index in [4.69, 9.17) is 5.11 Å². The Kier molecular flexibility index (Phi) is 17.4. The number of carbonyl (C=O) groups is 1. The van der Waals surface area contributed by atoms with Crippen LogP contribution in [0.2, 0.25) is 0 Å². The third kappa shape index (κ3) is 17.7. The summed E-state index contributed by atoms with van der Waals surface area (Å²) >= 11 is 0. The van der Waals surface area contributed by atoms with E-state index in [1.165, 1.54) is 96.3 Å². The van der Waals surface area contributed by atoms with Crippen LogP contribution < -0.4 is 0 Å². The summed E-state index contributed by atoms with van der Waals surface area (Å²) < 4.78 is 0. The van der Waals surface area contributed by atoms with Crippen molar-refractivity contribution in [1.82, 2.24) is 0 Å². The summed E-state index contributed by atoms with van der Waals surface area (Å²) in [5, 5.41) is 8.81. The molecule has 1 atom stereocenters. The van der Waals surface area contributed by atoms with E-state index in [1.807, 2.05) is 6.92 Å². The van der Waals surface area contributed by atoms with Crippen LogP contribution in [0.25, 0.3) is 0 Å². The predicted molar refractivity (Wildman–Crippen MR) is 101 cm³/mol. The normalized spacial score (nSPS) is 12.4. The van der Waals surface area contributed by atoms with Crippen LogP contribution in [-0.2, 0) is 4.79 Å². The van der Waals surface area contributed by atoms with Gasteiger partial charge < -0.3 is 5.11 Å². The van der Waals surface area contributed by atoms with Gasteiger partial charge in [-0.15, -0.1) is 0 Å². The fourth-order valence-electron chi connectivity index (χ4n) is 3.12. The lowest BCUT2D eigenvalue weighted by Gasteiger charge is -2.05. The molecule has 0 aliphatic carbocycles. The van der Waals surface area contributed by atoms with Crippen LogP contribution in [0.1, 0.15) is 123 Å². The minimum absolute atomic E-state index is 0.165. The summed E-state index contributed by atoms with van der Waals surface area (Å²) in [5.41, 5.74) is 0. The molecule has 2 heteroatoms. The first kappa shape index (κ1) is 22.5. The van der Waals surface area contributed by atoms with Gasteiger partial charge in [0.25, 0.3) is 0 Å². The SMILES string of the molecule is CCCCCCCCCCCCCCCCCC[C@@H](C)C(=O)O. The van der Waals surface area contributed by atoms with Gasteiger partial charge in [-0.1, -0.05) is 117 Å². The molecule has 0 fully saturated rings. The summed E-state index contributed by atoms with van der Waals surface area (Å²) in [5.74, 6) is -0.812. The first-order valence-electron chi connectivity index (χ1n) is 10.4. The minimum Gasteiger partial charge on any atom is -0.481 e. The van der Waals surface area contributed by atoms with Crippen molar-refractivity contribution in [2.75, 3.05) is 0 Å². The summed E-state index contributed by atoms with van der Waals surface area (Å²) in [6.07, 6.45) is 22.7. The molecule has 0 aromatic rings. The van der Waals surface area contributed by atoms with Crippen molar-refractivity contribution in [1.29, 1.82) is 0 Å². The number of carboxylic acid groups (broad SMARTS) is 1. The number of rotatable bonds is 18. The van der Waals surface area contributed by atoms with E-state index in [0.29, 0.717) is 0 Å². The highest BCUT2D eigenvalue weighted by molar-refractivity contribution is 5.69. The minimum atomic E-state index is -0.647. The monoisotopic (exact) mass is 326 g/mol. The zero-order valence-electron chi connectivity index (χ0n) is 16.0. The van der Waals surface area contributed by atoms with Crippen LogP contribution in [-0.4, -0.2) is 11.1 Å². The summed E-state index contributed by atoms with van der Waals surface area (Å²) in [7, 11) is 0. The van der Waals surface area contributed by atoms with Gasteiger partial charge >= 0.3 is 5.97 Å². The van der Waals surface area contributed by atoms with Gasteiger partial charge in [-0.25, -0.2) is 0 Å². The van der Waals surface area contributed by atoms with Crippen molar-refractivity contribution in [2.24, 2.45) is 5.92 Å². The maximum absolute atomic E-state index is 10.7. The highest BCUT2D eigenvalue weighted by Crippen LogP contribution is 2.15. The lowest BCUT2D eigenvalue weighted by molar-refractivity contribution is -0.141. The Bertz CT molecular complexity index is 250. The number of hydrogen-bond acceptors (Lipinski definition) is 1. The number of unbranched alkanes of at least 4 members (excludes halogenated alkanes) is 15. The van der Waals surface area contributed by atoms with E-state index in [9.17, 15) is 4.79 Å². The Morgan fingerprint density at radius 1 is 0.652 bits per heavy atom. The second-order valence-electron chi connectivity index (χ2n) is 7.33. The summed E-state index contributed by atoms with van der Waals surface area (Å²) in [6, 6.07) is 0. The maximum Gasteiger partial charge on any atom is 0.306 e. The predicted octanol–water partition coefficient (Wildman–Crippen LogP) is 7.36. The molecule has 138 valence electrons. The zero-order chi connectivity index (χ0) is 17.2. The van der Waals surface area contributed by atoms with Gasteiger partial charge in [0.2, 0.25) is 0 Å². The highest BCUT2D eigenvalue weighted by atomic mass is 16.4. The van der Waals surface area contributed by atoms with E-state index in [-0.39, 0.29) is 5.92 Å². The molecule has 0 radical (unpaired) electrons. The molecular formula is C21H42O2. The third-order valence-electron chi connectivity index (χ3n) is 4.91. The zero-order valence-corrected chi connectivity index (χ0v) is 16.0. The van der Waals surface area contributed by atoms with Crippen LogP contribution in [0.15, 0.2) is 0 Å². The average Bonchev–Trinajstić information content (AvgIpc) is 2.54. The van der Waals surface area contributed by atoms with Crippen molar-refractivity contribution in [3.63, 3.8) is 0 Å². The van der Waals surface area contributed by atoms with Crippen molar-refractivity contribution >= 4 is 5.97 Å². The van der Waals surface area contributed by atoms with Crippen LogP contribution >= 0.6 is 0 Å². The fourth-order valence-corrected chi connectivity index (χ4v) is 3.12. The largest absolute Gasteiger partial charge is 0.481 e. The van der Waals surface area contributed by atoms with Crippen LogP contribution in [0.3, 0.4) is 0 Å². The molecule has 1 N–H and O–H groups in total. The average molecular weight is 327 g/mol. The molecule has 0 spiro atoms. The summed E-state index contributed by atoms with van der Waals surface area (Å²) in [6.45, 7) is 4.09. The van der Waals surface area contributed by atoms with Gasteiger partial charge in [0.1, 0.15) is 0 Å². The lowest BCUT2D eigenvalue weighted by Crippen LogP contribution is -2.08. The molecule has 0 aromatic heterocycles. The van der Waals surface area contributed by atoms with Crippen molar-refractivity contribution in [3.05, 3.63) is 0 Å².